The van der Waals surface area contributed by atoms with E-state index in [0.29, 0.717) is 0 Å². The number of hydrogen-bond acceptors (Lipinski definition) is 3. The molecule has 0 radical (unpaired) electrons. The molecule has 0 atom stereocenters. The van der Waals surface area contributed by atoms with Gasteiger partial charge in [0.05, 0.1) is 6.61 Å². The van der Waals surface area contributed by atoms with Crippen molar-refractivity contribution in [1.82, 2.24) is 0 Å². The molecule has 21 heavy (non-hydrogen) atoms. The van der Waals surface area contributed by atoms with Crippen molar-refractivity contribution in [3.8, 4) is 0 Å². The van der Waals surface area contributed by atoms with Gasteiger partial charge in [0, 0.05) is 0 Å². The second kappa shape index (κ2) is 13.4. The number of nitrogens with two attached hydrogens (primary N) is 1. The zero-order valence-corrected chi connectivity index (χ0v) is 14.5. The van der Waals surface area contributed by atoms with Crippen molar-refractivity contribution in [3.63, 3.8) is 0 Å². The van der Waals surface area contributed by atoms with E-state index in [9.17, 15) is 0 Å². The lowest BCUT2D eigenvalue weighted by Crippen LogP contribution is -1.97. The van der Waals surface area contributed by atoms with E-state index in [2.05, 4.69) is 23.3 Å². The van der Waals surface area contributed by atoms with Crippen molar-refractivity contribution in [2.75, 3.05) is 6.54 Å². The van der Waals surface area contributed by atoms with Gasteiger partial charge in [-0.1, -0.05) is 69.4 Å². The Morgan fingerprint density at radius 2 is 1.62 bits per heavy atom. The number of hydrogen-bond donors (Lipinski definition) is 3. The van der Waals surface area contributed by atoms with Crippen LogP contribution in [-0.4, -0.2) is 16.3 Å². The van der Waals surface area contributed by atoms with Crippen molar-refractivity contribution in [1.29, 1.82) is 0 Å². The zero-order valence-electron chi connectivity index (χ0n) is 12.8. The summed E-state index contributed by atoms with van der Waals surface area (Å²) in [5.74, 6) is 0. The molecular weight excluding hydrogens is 305 g/mol. The molecule has 1 rings (SSSR count). The van der Waals surface area contributed by atoms with Gasteiger partial charge >= 0.3 is 6.72 Å². The average molecular weight is 333 g/mol. The third kappa shape index (κ3) is 15.9. The summed E-state index contributed by atoms with van der Waals surface area (Å²) in [6.45, 7) is -0.248. The molecule has 4 N–H and O–H groups in total. The van der Waals surface area contributed by atoms with Crippen molar-refractivity contribution >= 4 is 18.5 Å². The molecule has 6 heteroatoms. The van der Waals surface area contributed by atoms with Gasteiger partial charge in [-0.25, -0.2) is 0 Å². The molecule has 122 valence electrons. The summed E-state index contributed by atoms with van der Waals surface area (Å²) in [4.78, 5) is 17.5. The Morgan fingerprint density at radius 3 is 2.14 bits per heavy atom. The molecule has 0 heterocycles. The Hall–Kier alpha value is -0.290. The Balaban J connectivity index is 0.000000400. The molecule has 0 saturated heterocycles. The van der Waals surface area contributed by atoms with Gasteiger partial charge in [-0.3, -0.25) is 0 Å². The van der Waals surface area contributed by atoms with Gasteiger partial charge < -0.3 is 20.0 Å². The largest absolute Gasteiger partial charge is 0.330 e. The molecule has 1 aromatic carbocycles. The second-order valence-corrected chi connectivity index (χ2v) is 7.47. The van der Waals surface area contributed by atoms with Crippen LogP contribution in [0, 0.1) is 0 Å². The molecule has 0 aliphatic rings. The maximum absolute atomic E-state index is 8.74. The fourth-order valence-electron chi connectivity index (χ4n) is 1.66. The van der Waals surface area contributed by atoms with Gasteiger partial charge in [-0.2, -0.15) is 0 Å². The van der Waals surface area contributed by atoms with E-state index >= 15 is 0 Å². The Labute approximate surface area is 133 Å². The van der Waals surface area contributed by atoms with E-state index in [1.165, 1.54) is 38.5 Å². The van der Waals surface area contributed by atoms with Crippen LogP contribution in [0.4, 0.5) is 0 Å². The van der Waals surface area contributed by atoms with E-state index < -0.39 is 6.72 Å². The van der Waals surface area contributed by atoms with Crippen molar-refractivity contribution in [2.24, 2.45) is 5.73 Å². The Morgan fingerprint density at radius 1 is 1.05 bits per heavy atom. The standard InChI is InChI=1S/C8H19N.C7H9O3PS/c1-2-3-4-5-6-7-8-9;8-11(9,12)10-6-7-4-2-1-3-5-7/h2-9H2,1H3;1-5H,6H2,(H2,8,9,12). The summed E-state index contributed by atoms with van der Waals surface area (Å²) in [5.41, 5.74) is 6.21. The minimum Gasteiger partial charge on any atom is -0.330 e. The van der Waals surface area contributed by atoms with Gasteiger partial charge in [0.15, 0.2) is 0 Å². The topological polar surface area (TPSA) is 75.7 Å². The molecule has 0 spiro atoms. The highest BCUT2D eigenvalue weighted by Gasteiger charge is 2.06. The van der Waals surface area contributed by atoms with Crippen molar-refractivity contribution in [3.05, 3.63) is 35.9 Å². The maximum atomic E-state index is 8.74. The van der Waals surface area contributed by atoms with E-state index in [0.717, 1.165) is 12.1 Å². The minimum atomic E-state index is -3.50. The highest BCUT2D eigenvalue weighted by Crippen LogP contribution is 2.37. The predicted molar refractivity (Wildman–Crippen MR) is 92.4 cm³/mol. The van der Waals surface area contributed by atoms with Crippen LogP contribution in [0.2, 0.25) is 0 Å². The molecule has 0 aromatic heterocycles. The van der Waals surface area contributed by atoms with Crippen LogP contribution >= 0.6 is 6.72 Å². The first-order valence-electron chi connectivity index (χ1n) is 7.43. The van der Waals surface area contributed by atoms with Gasteiger partial charge in [-0.05, 0) is 30.3 Å². The number of unbranched alkanes of at least 4 members (excludes halogenated alkanes) is 5. The van der Waals surface area contributed by atoms with Crippen LogP contribution in [0.1, 0.15) is 51.0 Å². The molecule has 0 unspecified atom stereocenters. The fourth-order valence-corrected chi connectivity index (χ4v) is 2.13. The van der Waals surface area contributed by atoms with E-state index in [1.807, 2.05) is 30.3 Å². The van der Waals surface area contributed by atoms with Gasteiger partial charge in [0.25, 0.3) is 0 Å². The van der Waals surface area contributed by atoms with Crippen molar-refractivity contribution < 1.29 is 14.3 Å². The molecule has 1 aromatic rings. The molecule has 0 aliphatic carbocycles. The number of rotatable bonds is 9. The Bertz CT molecular complexity index is 378. The van der Waals surface area contributed by atoms with Gasteiger partial charge in [-0.15, -0.1) is 0 Å². The summed E-state index contributed by atoms with van der Waals surface area (Å²) in [5, 5.41) is 0. The lowest BCUT2D eigenvalue weighted by atomic mass is 10.1. The highest BCUT2D eigenvalue weighted by atomic mass is 32.5. The van der Waals surface area contributed by atoms with Crippen LogP contribution in [0.15, 0.2) is 30.3 Å². The third-order valence-corrected chi connectivity index (χ3v) is 3.58. The van der Waals surface area contributed by atoms with Gasteiger partial charge in [0.1, 0.15) is 0 Å². The summed E-state index contributed by atoms with van der Waals surface area (Å²) >= 11 is 4.28. The fraction of sp³-hybridized carbons (Fsp3) is 0.600. The molecular formula is C15H28NO3PS. The molecule has 4 nitrogen and oxygen atoms in total. The summed E-state index contributed by atoms with van der Waals surface area (Å²) < 4.78 is 4.65. The van der Waals surface area contributed by atoms with Crippen molar-refractivity contribution in [2.45, 2.75) is 52.1 Å². The van der Waals surface area contributed by atoms with Crippen LogP contribution < -0.4 is 5.73 Å². The average Bonchev–Trinajstić information content (AvgIpc) is 2.46. The van der Waals surface area contributed by atoms with Crippen LogP contribution in [0.3, 0.4) is 0 Å². The van der Waals surface area contributed by atoms with Crippen LogP contribution in [0.5, 0.6) is 0 Å². The van der Waals surface area contributed by atoms with Crippen LogP contribution in [0.25, 0.3) is 0 Å². The van der Waals surface area contributed by atoms with E-state index in [4.69, 9.17) is 15.5 Å². The molecule has 0 aliphatic heterocycles. The van der Waals surface area contributed by atoms with E-state index in [-0.39, 0.29) is 6.61 Å². The van der Waals surface area contributed by atoms with Gasteiger partial charge in [0.2, 0.25) is 0 Å². The maximum Gasteiger partial charge on any atom is 0.322 e. The normalized spacial score (nSPS) is 10.9. The monoisotopic (exact) mass is 333 g/mol. The first-order chi connectivity index (χ1) is 9.99. The smallest absolute Gasteiger partial charge is 0.322 e. The van der Waals surface area contributed by atoms with Crippen LogP contribution in [-0.2, 0) is 22.9 Å². The summed E-state index contributed by atoms with van der Waals surface area (Å²) in [7, 11) is 0. The minimum absolute atomic E-state index is 0.144. The molecule has 0 amide bonds. The zero-order chi connectivity index (χ0) is 16.0. The summed E-state index contributed by atoms with van der Waals surface area (Å²) in [6, 6.07) is 9.21. The first kappa shape index (κ1) is 20.7. The lowest BCUT2D eigenvalue weighted by Gasteiger charge is -2.07. The molecule has 0 saturated carbocycles. The summed E-state index contributed by atoms with van der Waals surface area (Å²) in [6.07, 6.45) is 8.05. The quantitative estimate of drug-likeness (QED) is 0.474. The second-order valence-electron chi connectivity index (χ2n) is 4.81. The highest BCUT2D eigenvalue weighted by molar-refractivity contribution is 8.06. The third-order valence-electron chi connectivity index (χ3n) is 2.80. The SMILES string of the molecule is CCCCCCCCN.OP(O)(=S)OCc1ccccc1. The Kier molecular flexibility index (Phi) is 13.2. The predicted octanol–water partition coefficient (Wildman–Crippen LogP) is 3.72. The molecule has 0 fully saturated rings. The lowest BCUT2D eigenvalue weighted by molar-refractivity contribution is 0.242. The van der Waals surface area contributed by atoms with E-state index in [1.54, 1.807) is 0 Å². The molecule has 0 bridgehead atoms. The first-order valence-corrected chi connectivity index (χ1v) is 10.1. The number of benzene rings is 1.